The topological polar surface area (TPSA) is 54.3 Å². The number of aryl methyl sites for hydroxylation is 2. The van der Waals surface area contributed by atoms with Gasteiger partial charge < -0.3 is 15.1 Å². The zero-order valence-electron chi connectivity index (χ0n) is 11.7. The van der Waals surface area contributed by atoms with Gasteiger partial charge in [0.05, 0.1) is 6.04 Å². The number of hydrogen-bond acceptors (Lipinski definition) is 3. The van der Waals surface area contributed by atoms with Gasteiger partial charge in [0.15, 0.2) is 0 Å². The van der Waals surface area contributed by atoms with Crippen molar-refractivity contribution >= 4 is 17.3 Å². The van der Waals surface area contributed by atoms with Crippen LogP contribution in [0.4, 0.5) is 11.4 Å². The quantitative estimate of drug-likeness (QED) is 0.895. The molecule has 1 atom stereocenters. The molecule has 1 aromatic carbocycles. The van der Waals surface area contributed by atoms with Gasteiger partial charge in [0, 0.05) is 17.8 Å². The highest BCUT2D eigenvalue weighted by Gasteiger charge is 2.16. The van der Waals surface area contributed by atoms with E-state index < -0.39 is 0 Å². The van der Waals surface area contributed by atoms with Crippen LogP contribution in [0.3, 0.4) is 0 Å². The number of fused-ring (bicyclic) bond motifs is 1. The van der Waals surface area contributed by atoms with Gasteiger partial charge >= 0.3 is 0 Å². The van der Waals surface area contributed by atoms with Gasteiger partial charge in [-0.1, -0.05) is 0 Å². The molecule has 1 unspecified atom stereocenters. The summed E-state index contributed by atoms with van der Waals surface area (Å²) in [6.07, 6.45) is 1.36. The molecule has 20 heavy (non-hydrogen) atoms. The number of benzene rings is 1. The first-order chi connectivity index (χ1) is 9.61. The van der Waals surface area contributed by atoms with Crippen molar-refractivity contribution in [3.8, 4) is 0 Å². The van der Waals surface area contributed by atoms with Gasteiger partial charge in [0.25, 0.3) is 0 Å². The maximum absolute atomic E-state index is 11.3. The Morgan fingerprint density at radius 3 is 2.85 bits per heavy atom. The van der Waals surface area contributed by atoms with E-state index in [1.165, 1.54) is 5.56 Å². The third-order valence-corrected chi connectivity index (χ3v) is 3.57. The molecule has 0 aliphatic carbocycles. The number of carbonyl (C=O) groups is 1. The maximum atomic E-state index is 11.3. The highest BCUT2D eigenvalue weighted by Crippen LogP contribution is 2.28. The van der Waals surface area contributed by atoms with E-state index in [1.807, 2.05) is 31.2 Å². The SMILES string of the molecule is Cc1ccc(C(C)Nc2ccc3c(c2)CCC(=O)N3)o1. The Bertz CT molecular complexity index is 646. The number of anilines is 2. The molecule has 4 heteroatoms. The minimum absolute atomic E-state index is 0.0950. The molecule has 2 heterocycles. The number of carbonyl (C=O) groups excluding carboxylic acids is 1. The summed E-state index contributed by atoms with van der Waals surface area (Å²) in [5.74, 6) is 1.94. The van der Waals surface area contributed by atoms with E-state index in [-0.39, 0.29) is 11.9 Å². The molecule has 0 saturated carbocycles. The summed E-state index contributed by atoms with van der Waals surface area (Å²) in [5.41, 5.74) is 3.15. The zero-order valence-corrected chi connectivity index (χ0v) is 11.7. The van der Waals surface area contributed by atoms with E-state index in [0.717, 1.165) is 29.3 Å². The lowest BCUT2D eigenvalue weighted by Gasteiger charge is -2.19. The van der Waals surface area contributed by atoms with E-state index in [1.54, 1.807) is 0 Å². The van der Waals surface area contributed by atoms with E-state index in [9.17, 15) is 4.79 Å². The molecule has 3 rings (SSSR count). The van der Waals surface area contributed by atoms with Crippen LogP contribution in [0.15, 0.2) is 34.7 Å². The Morgan fingerprint density at radius 2 is 2.10 bits per heavy atom. The number of hydrogen-bond donors (Lipinski definition) is 2. The van der Waals surface area contributed by atoms with Gasteiger partial charge in [-0.05, 0) is 56.2 Å². The fourth-order valence-corrected chi connectivity index (χ4v) is 2.48. The van der Waals surface area contributed by atoms with Crippen molar-refractivity contribution in [3.63, 3.8) is 0 Å². The molecule has 0 fully saturated rings. The largest absolute Gasteiger partial charge is 0.464 e. The third-order valence-electron chi connectivity index (χ3n) is 3.57. The predicted octanol–water partition coefficient (Wildman–Crippen LogP) is 3.65. The first kappa shape index (κ1) is 12.8. The molecule has 1 amide bonds. The van der Waals surface area contributed by atoms with Crippen LogP contribution in [-0.4, -0.2) is 5.91 Å². The van der Waals surface area contributed by atoms with Crippen LogP contribution < -0.4 is 10.6 Å². The van der Waals surface area contributed by atoms with E-state index >= 15 is 0 Å². The van der Waals surface area contributed by atoms with Gasteiger partial charge in [-0.25, -0.2) is 0 Å². The Labute approximate surface area is 118 Å². The smallest absolute Gasteiger partial charge is 0.224 e. The third kappa shape index (κ3) is 2.54. The monoisotopic (exact) mass is 270 g/mol. The average Bonchev–Trinajstić information content (AvgIpc) is 2.86. The summed E-state index contributed by atoms with van der Waals surface area (Å²) in [4.78, 5) is 11.3. The summed E-state index contributed by atoms with van der Waals surface area (Å²) in [6.45, 7) is 4.01. The molecule has 1 aromatic heterocycles. The second kappa shape index (κ2) is 5.04. The average molecular weight is 270 g/mol. The van der Waals surface area contributed by atoms with Gasteiger partial charge in [0.2, 0.25) is 5.91 Å². The molecule has 0 spiro atoms. The molecule has 2 aromatic rings. The van der Waals surface area contributed by atoms with Crippen molar-refractivity contribution < 1.29 is 9.21 Å². The Balaban J connectivity index is 1.76. The summed E-state index contributed by atoms with van der Waals surface area (Å²) in [7, 11) is 0. The molecule has 1 aliphatic rings. The highest BCUT2D eigenvalue weighted by atomic mass is 16.3. The number of nitrogens with one attached hydrogen (secondary N) is 2. The van der Waals surface area contributed by atoms with Crippen molar-refractivity contribution in [2.24, 2.45) is 0 Å². The lowest BCUT2D eigenvalue weighted by molar-refractivity contribution is -0.116. The number of amides is 1. The molecule has 1 aliphatic heterocycles. The first-order valence-corrected chi connectivity index (χ1v) is 6.87. The van der Waals surface area contributed by atoms with Gasteiger partial charge in [-0.15, -0.1) is 0 Å². The van der Waals surface area contributed by atoms with Crippen molar-refractivity contribution in [3.05, 3.63) is 47.4 Å². The van der Waals surface area contributed by atoms with Crippen LogP contribution in [0, 0.1) is 6.92 Å². The van der Waals surface area contributed by atoms with Gasteiger partial charge in [-0.2, -0.15) is 0 Å². The standard InChI is InChI=1S/C16H18N2O2/c1-10-3-7-15(20-10)11(2)17-13-5-6-14-12(9-13)4-8-16(19)18-14/h3,5-7,9,11,17H,4,8H2,1-2H3,(H,18,19). The summed E-state index contributed by atoms with van der Waals surface area (Å²) < 4.78 is 5.62. The zero-order chi connectivity index (χ0) is 14.1. The number of rotatable bonds is 3. The molecule has 104 valence electrons. The van der Waals surface area contributed by atoms with Crippen LogP contribution >= 0.6 is 0 Å². The summed E-state index contributed by atoms with van der Waals surface area (Å²) in [6, 6.07) is 10.1. The van der Waals surface area contributed by atoms with E-state index in [0.29, 0.717) is 6.42 Å². The minimum atomic E-state index is 0.0950. The Hall–Kier alpha value is -2.23. The lowest BCUT2D eigenvalue weighted by atomic mass is 10.0. The fourth-order valence-electron chi connectivity index (χ4n) is 2.48. The fraction of sp³-hybridized carbons (Fsp3) is 0.312. The van der Waals surface area contributed by atoms with E-state index in [2.05, 4.69) is 23.6 Å². The second-order valence-electron chi connectivity index (χ2n) is 5.23. The van der Waals surface area contributed by atoms with Gasteiger partial charge in [-0.3, -0.25) is 4.79 Å². The summed E-state index contributed by atoms with van der Waals surface area (Å²) in [5, 5.41) is 6.32. The Kier molecular flexibility index (Phi) is 3.22. The van der Waals surface area contributed by atoms with Gasteiger partial charge in [0.1, 0.15) is 11.5 Å². The highest BCUT2D eigenvalue weighted by molar-refractivity contribution is 5.94. The normalized spacial score (nSPS) is 15.4. The minimum Gasteiger partial charge on any atom is -0.464 e. The van der Waals surface area contributed by atoms with Crippen molar-refractivity contribution in [1.82, 2.24) is 0 Å². The first-order valence-electron chi connectivity index (χ1n) is 6.87. The molecule has 0 radical (unpaired) electrons. The van der Waals surface area contributed by atoms with Crippen LogP contribution in [0.2, 0.25) is 0 Å². The van der Waals surface area contributed by atoms with Crippen molar-refractivity contribution in [2.75, 3.05) is 10.6 Å². The molecule has 0 saturated heterocycles. The van der Waals surface area contributed by atoms with Crippen LogP contribution in [0.25, 0.3) is 0 Å². The van der Waals surface area contributed by atoms with E-state index in [4.69, 9.17) is 4.42 Å². The number of furan rings is 1. The van der Waals surface area contributed by atoms with Crippen molar-refractivity contribution in [2.45, 2.75) is 32.7 Å². The molecule has 2 N–H and O–H groups in total. The molecule has 4 nitrogen and oxygen atoms in total. The lowest BCUT2D eigenvalue weighted by Crippen LogP contribution is -2.19. The predicted molar refractivity (Wildman–Crippen MR) is 78.9 cm³/mol. The maximum Gasteiger partial charge on any atom is 0.224 e. The van der Waals surface area contributed by atoms with Crippen molar-refractivity contribution in [1.29, 1.82) is 0 Å². The van der Waals surface area contributed by atoms with Crippen LogP contribution in [0.1, 0.15) is 36.5 Å². The van der Waals surface area contributed by atoms with Crippen LogP contribution in [0.5, 0.6) is 0 Å². The van der Waals surface area contributed by atoms with Crippen LogP contribution in [-0.2, 0) is 11.2 Å². The summed E-state index contributed by atoms with van der Waals surface area (Å²) >= 11 is 0. The Morgan fingerprint density at radius 1 is 1.25 bits per heavy atom. The molecular weight excluding hydrogens is 252 g/mol. The second-order valence-corrected chi connectivity index (χ2v) is 5.23. The molecular formula is C16H18N2O2. The molecule has 0 bridgehead atoms.